The lowest BCUT2D eigenvalue weighted by molar-refractivity contribution is -0.147. The maximum Gasteiger partial charge on any atom is 0.306 e. The minimum atomic E-state index is -2.61. The van der Waals surface area contributed by atoms with Crippen LogP contribution in [0.2, 0.25) is 0 Å². The van der Waals surface area contributed by atoms with Gasteiger partial charge in [-0.25, -0.2) is 8.78 Å². The van der Waals surface area contributed by atoms with Crippen LogP contribution in [0.1, 0.15) is 12.0 Å². The molecule has 0 amide bonds. The Morgan fingerprint density at radius 1 is 1.44 bits per heavy atom. The summed E-state index contributed by atoms with van der Waals surface area (Å²) in [6.45, 7) is -0.838. The largest absolute Gasteiger partial charge is 0.460 e. The second-order valence-corrected chi connectivity index (χ2v) is 3.32. The molecule has 0 saturated heterocycles. The second kappa shape index (κ2) is 6.05. The highest BCUT2D eigenvalue weighted by atomic mass is 19.3. The van der Waals surface area contributed by atoms with Gasteiger partial charge in [-0.1, -0.05) is 12.1 Å². The fourth-order valence-corrected chi connectivity index (χ4v) is 1.22. The van der Waals surface area contributed by atoms with E-state index in [1.54, 1.807) is 18.2 Å². The van der Waals surface area contributed by atoms with Crippen molar-refractivity contribution in [2.45, 2.75) is 19.3 Å². The average Bonchev–Trinajstić information content (AvgIpc) is 2.23. The molecule has 0 aliphatic heterocycles. The van der Waals surface area contributed by atoms with Gasteiger partial charge < -0.3 is 10.5 Å². The van der Waals surface area contributed by atoms with Crippen molar-refractivity contribution < 1.29 is 18.3 Å². The van der Waals surface area contributed by atoms with Crippen molar-refractivity contribution in [3.05, 3.63) is 29.8 Å². The predicted molar refractivity (Wildman–Crippen MR) is 56.1 cm³/mol. The lowest BCUT2D eigenvalue weighted by Crippen LogP contribution is -2.11. The third kappa shape index (κ3) is 4.72. The number of hydrogen-bond donors (Lipinski definition) is 1. The summed E-state index contributed by atoms with van der Waals surface area (Å²) in [5, 5.41) is 0. The number of carbonyl (C=O) groups is 1. The first-order chi connectivity index (χ1) is 7.58. The Morgan fingerprint density at radius 2 is 2.19 bits per heavy atom. The molecule has 88 valence electrons. The zero-order chi connectivity index (χ0) is 12.0. The van der Waals surface area contributed by atoms with Gasteiger partial charge in [0, 0.05) is 12.1 Å². The van der Waals surface area contributed by atoms with Gasteiger partial charge in [-0.15, -0.1) is 0 Å². The lowest BCUT2D eigenvalue weighted by atomic mass is 10.1. The lowest BCUT2D eigenvalue weighted by Gasteiger charge is -2.04. The summed E-state index contributed by atoms with van der Waals surface area (Å²) in [5.41, 5.74) is 7.04. The van der Waals surface area contributed by atoms with Crippen LogP contribution in [-0.4, -0.2) is 19.0 Å². The molecule has 1 aromatic rings. The minimum Gasteiger partial charge on any atom is -0.460 e. The Balaban J connectivity index is 2.31. The summed E-state index contributed by atoms with van der Waals surface area (Å²) in [7, 11) is 0. The van der Waals surface area contributed by atoms with E-state index in [0.717, 1.165) is 5.56 Å². The topological polar surface area (TPSA) is 52.3 Å². The van der Waals surface area contributed by atoms with Gasteiger partial charge in [0.1, 0.15) is 0 Å². The van der Waals surface area contributed by atoms with E-state index in [9.17, 15) is 13.6 Å². The summed E-state index contributed by atoms with van der Waals surface area (Å²) in [4.78, 5) is 11.0. The van der Waals surface area contributed by atoms with Crippen molar-refractivity contribution in [3.63, 3.8) is 0 Å². The van der Waals surface area contributed by atoms with Gasteiger partial charge >= 0.3 is 5.97 Å². The van der Waals surface area contributed by atoms with E-state index < -0.39 is 19.0 Å². The highest BCUT2D eigenvalue weighted by molar-refractivity contribution is 5.69. The molecule has 0 unspecified atom stereocenters. The van der Waals surface area contributed by atoms with E-state index in [1.165, 1.54) is 0 Å². The van der Waals surface area contributed by atoms with Crippen LogP contribution in [0.3, 0.4) is 0 Å². The molecule has 0 aliphatic carbocycles. The highest BCUT2D eigenvalue weighted by Crippen LogP contribution is 2.09. The predicted octanol–water partition coefficient (Wildman–Crippen LogP) is 2.01. The SMILES string of the molecule is Nc1cccc(CCC(=O)OCC(F)F)c1. The first-order valence-corrected chi connectivity index (χ1v) is 4.86. The molecule has 1 rings (SSSR count). The zero-order valence-electron chi connectivity index (χ0n) is 8.66. The smallest absolute Gasteiger partial charge is 0.306 e. The van der Waals surface area contributed by atoms with Crippen molar-refractivity contribution in [3.8, 4) is 0 Å². The van der Waals surface area contributed by atoms with Gasteiger partial charge in [0.05, 0.1) is 0 Å². The van der Waals surface area contributed by atoms with Crippen molar-refractivity contribution in [1.82, 2.24) is 0 Å². The van der Waals surface area contributed by atoms with Crippen LogP contribution in [0.4, 0.5) is 14.5 Å². The number of aryl methyl sites for hydroxylation is 1. The van der Waals surface area contributed by atoms with Gasteiger partial charge in [0.25, 0.3) is 6.43 Å². The fraction of sp³-hybridized carbons (Fsp3) is 0.364. The van der Waals surface area contributed by atoms with Crippen LogP contribution in [0, 0.1) is 0 Å². The molecule has 0 aliphatic rings. The molecule has 0 bridgehead atoms. The first kappa shape index (κ1) is 12.4. The van der Waals surface area contributed by atoms with Gasteiger partial charge in [0.2, 0.25) is 0 Å². The number of benzene rings is 1. The number of halogens is 2. The summed E-state index contributed by atoms with van der Waals surface area (Å²) in [6, 6.07) is 7.06. The van der Waals surface area contributed by atoms with Crippen LogP contribution >= 0.6 is 0 Å². The molecule has 0 saturated carbocycles. The van der Waals surface area contributed by atoms with E-state index in [4.69, 9.17) is 5.73 Å². The van der Waals surface area contributed by atoms with Crippen LogP contribution in [0.15, 0.2) is 24.3 Å². The molecule has 5 heteroatoms. The molecule has 3 nitrogen and oxygen atoms in total. The van der Waals surface area contributed by atoms with Crippen LogP contribution in [0.5, 0.6) is 0 Å². The standard InChI is InChI=1S/C11H13F2NO2/c12-10(13)7-16-11(15)5-4-8-2-1-3-9(14)6-8/h1-3,6,10H,4-5,7,14H2. The number of esters is 1. The van der Waals surface area contributed by atoms with E-state index in [2.05, 4.69) is 4.74 Å². The minimum absolute atomic E-state index is 0.0795. The average molecular weight is 229 g/mol. The van der Waals surface area contributed by atoms with E-state index in [1.807, 2.05) is 6.07 Å². The number of alkyl halides is 2. The first-order valence-electron chi connectivity index (χ1n) is 4.86. The Hall–Kier alpha value is -1.65. The maximum absolute atomic E-state index is 11.7. The molecule has 2 N–H and O–H groups in total. The summed E-state index contributed by atoms with van der Waals surface area (Å²) in [6.07, 6.45) is -2.10. The van der Waals surface area contributed by atoms with Crippen LogP contribution in [0.25, 0.3) is 0 Å². The molecule has 16 heavy (non-hydrogen) atoms. The van der Waals surface area contributed by atoms with E-state index >= 15 is 0 Å². The quantitative estimate of drug-likeness (QED) is 0.620. The Labute approximate surface area is 92.2 Å². The molecular weight excluding hydrogens is 216 g/mol. The van der Waals surface area contributed by atoms with Gasteiger partial charge in [-0.3, -0.25) is 4.79 Å². The van der Waals surface area contributed by atoms with Gasteiger partial charge in [-0.2, -0.15) is 0 Å². The maximum atomic E-state index is 11.7. The van der Waals surface area contributed by atoms with Crippen molar-refractivity contribution in [2.75, 3.05) is 12.3 Å². The Morgan fingerprint density at radius 3 is 2.81 bits per heavy atom. The second-order valence-electron chi connectivity index (χ2n) is 3.32. The number of nitrogen functional groups attached to an aromatic ring is 1. The third-order valence-electron chi connectivity index (χ3n) is 1.94. The number of anilines is 1. The van der Waals surface area contributed by atoms with Gasteiger partial charge in [0.15, 0.2) is 6.61 Å². The zero-order valence-corrected chi connectivity index (χ0v) is 8.66. The van der Waals surface area contributed by atoms with Gasteiger partial charge in [-0.05, 0) is 24.1 Å². The van der Waals surface area contributed by atoms with Crippen molar-refractivity contribution in [1.29, 1.82) is 0 Å². The number of nitrogens with two attached hydrogens (primary N) is 1. The monoisotopic (exact) mass is 229 g/mol. The van der Waals surface area contributed by atoms with Crippen LogP contribution < -0.4 is 5.73 Å². The van der Waals surface area contributed by atoms with Crippen LogP contribution in [-0.2, 0) is 16.0 Å². The highest BCUT2D eigenvalue weighted by Gasteiger charge is 2.08. The third-order valence-corrected chi connectivity index (χ3v) is 1.94. The molecule has 0 radical (unpaired) electrons. The summed E-state index contributed by atoms with van der Waals surface area (Å²) < 4.78 is 27.8. The normalized spacial score (nSPS) is 10.4. The molecule has 0 aromatic heterocycles. The molecule has 0 heterocycles. The number of rotatable bonds is 5. The molecular formula is C11H13F2NO2. The molecule has 0 atom stereocenters. The van der Waals surface area contributed by atoms with E-state index in [0.29, 0.717) is 12.1 Å². The number of ether oxygens (including phenoxy) is 1. The Kier molecular flexibility index (Phi) is 4.69. The number of carbonyl (C=O) groups excluding carboxylic acids is 1. The molecule has 0 fully saturated rings. The van der Waals surface area contributed by atoms with Crippen molar-refractivity contribution in [2.24, 2.45) is 0 Å². The number of hydrogen-bond acceptors (Lipinski definition) is 3. The van der Waals surface area contributed by atoms with Crippen molar-refractivity contribution >= 4 is 11.7 Å². The Bertz CT molecular complexity index is 356. The summed E-state index contributed by atoms with van der Waals surface area (Å²) in [5.74, 6) is -0.622. The van der Waals surface area contributed by atoms with E-state index in [-0.39, 0.29) is 6.42 Å². The molecule has 0 spiro atoms. The fourth-order valence-electron chi connectivity index (χ4n) is 1.22. The summed E-state index contributed by atoms with van der Waals surface area (Å²) >= 11 is 0. The molecule has 1 aromatic carbocycles.